The maximum absolute atomic E-state index is 11.4. The van der Waals surface area contributed by atoms with Crippen LogP contribution in [0.1, 0.15) is 23.3 Å². The number of hydrogen-bond acceptors (Lipinski definition) is 4. The molecule has 2 heterocycles. The Labute approximate surface area is 87.4 Å². The smallest absolute Gasteiger partial charge is 0.273 e. The monoisotopic (exact) mass is 210 g/mol. The van der Waals surface area contributed by atoms with Crippen molar-refractivity contribution in [1.29, 1.82) is 0 Å². The van der Waals surface area contributed by atoms with Crippen LogP contribution in [0.3, 0.4) is 0 Å². The van der Waals surface area contributed by atoms with E-state index in [1.165, 1.54) is 6.20 Å². The SMILES string of the molecule is O=C(NCCC1CCOC1)c1cn[nH]n1. The molecule has 6 heteroatoms. The van der Waals surface area contributed by atoms with Crippen LogP contribution < -0.4 is 5.32 Å². The van der Waals surface area contributed by atoms with Crippen molar-refractivity contribution in [2.24, 2.45) is 5.92 Å². The third-order valence-electron chi connectivity index (χ3n) is 2.51. The molecule has 2 rings (SSSR count). The Morgan fingerprint density at radius 3 is 3.33 bits per heavy atom. The first-order valence-electron chi connectivity index (χ1n) is 5.08. The largest absolute Gasteiger partial charge is 0.381 e. The van der Waals surface area contributed by atoms with Gasteiger partial charge in [0.15, 0.2) is 5.69 Å². The second kappa shape index (κ2) is 4.88. The van der Waals surface area contributed by atoms with Crippen LogP contribution in [0.2, 0.25) is 0 Å². The van der Waals surface area contributed by atoms with Crippen LogP contribution in [0, 0.1) is 5.92 Å². The van der Waals surface area contributed by atoms with Gasteiger partial charge in [-0.2, -0.15) is 15.4 Å². The summed E-state index contributed by atoms with van der Waals surface area (Å²) in [7, 11) is 0. The van der Waals surface area contributed by atoms with Crippen molar-refractivity contribution < 1.29 is 9.53 Å². The molecule has 1 aliphatic rings. The second-order valence-electron chi connectivity index (χ2n) is 3.63. The molecule has 1 unspecified atom stereocenters. The molecule has 0 bridgehead atoms. The lowest BCUT2D eigenvalue weighted by Crippen LogP contribution is -2.26. The molecule has 1 aliphatic heterocycles. The van der Waals surface area contributed by atoms with Gasteiger partial charge in [-0.15, -0.1) is 0 Å². The zero-order valence-electron chi connectivity index (χ0n) is 8.40. The number of nitrogens with zero attached hydrogens (tertiary/aromatic N) is 2. The van der Waals surface area contributed by atoms with E-state index in [2.05, 4.69) is 20.7 Å². The molecule has 6 nitrogen and oxygen atoms in total. The molecule has 0 radical (unpaired) electrons. The Balaban J connectivity index is 1.67. The lowest BCUT2D eigenvalue weighted by molar-refractivity contribution is 0.0945. The van der Waals surface area contributed by atoms with Gasteiger partial charge in [0, 0.05) is 19.8 Å². The molecule has 1 aromatic heterocycles. The van der Waals surface area contributed by atoms with Crippen molar-refractivity contribution >= 4 is 5.91 Å². The number of ether oxygens (including phenoxy) is 1. The molecule has 0 saturated carbocycles. The Morgan fingerprint density at radius 1 is 1.73 bits per heavy atom. The molecular formula is C9H14N4O2. The molecule has 0 aromatic carbocycles. The number of carbonyl (C=O) groups excluding carboxylic acids is 1. The van der Waals surface area contributed by atoms with Crippen molar-refractivity contribution in [3.8, 4) is 0 Å². The van der Waals surface area contributed by atoms with Crippen molar-refractivity contribution in [3.63, 3.8) is 0 Å². The van der Waals surface area contributed by atoms with E-state index in [9.17, 15) is 4.79 Å². The van der Waals surface area contributed by atoms with Gasteiger partial charge in [-0.1, -0.05) is 0 Å². The van der Waals surface area contributed by atoms with Gasteiger partial charge in [-0.3, -0.25) is 4.79 Å². The maximum atomic E-state index is 11.4. The summed E-state index contributed by atoms with van der Waals surface area (Å²) in [5.74, 6) is 0.408. The molecule has 0 spiro atoms. The fourth-order valence-electron chi connectivity index (χ4n) is 1.60. The van der Waals surface area contributed by atoms with E-state index >= 15 is 0 Å². The summed E-state index contributed by atoms with van der Waals surface area (Å²) >= 11 is 0. The van der Waals surface area contributed by atoms with Crippen molar-refractivity contribution in [1.82, 2.24) is 20.7 Å². The summed E-state index contributed by atoms with van der Waals surface area (Å²) in [5, 5.41) is 12.5. The Morgan fingerprint density at radius 2 is 2.67 bits per heavy atom. The summed E-state index contributed by atoms with van der Waals surface area (Å²) in [4.78, 5) is 11.4. The minimum Gasteiger partial charge on any atom is -0.381 e. The predicted octanol–water partition coefficient (Wildman–Crippen LogP) is -0.0389. The van der Waals surface area contributed by atoms with Gasteiger partial charge in [0.05, 0.1) is 6.20 Å². The van der Waals surface area contributed by atoms with Gasteiger partial charge >= 0.3 is 0 Å². The lowest BCUT2D eigenvalue weighted by Gasteiger charge is -2.07. The Kier molecular flexibility index (Phi) is 3.29. The number of nitrogens with one attached hydrogen (secondary N) is 2. The van der Waals surface area contributed by atoms with Crippen LogP contribution in [0.5, 0.6) is 0 Å². The molecule has 15 heavy (non-hydrogen) atoms. The highest BCUT2D eigenvalue weighted by Gasteiger charge is 2.15. The minimum atomic E-state index is -0.178. The zero-order chi connectivity index (χ0) is 10.5. The standard InChI is InChI=1S/C9H14N4O2/c14-9(8-5-11-13-12-8)10-3-1-7-2-4-15-6-7/h5,7H,1-4,6H2,(H,10,14)(H,11,12,13). The summed E-state index contributed by atoms with van der Waals surface area (Å²) in [5.41, 5.74) is 0.331. The normalized spacial score (nSPS) is 20.4. The molecule has 82 valence electrons. The van der Waals surface area contributed by atoms with Crippen LogP contribution in [-0.4, -0.2) is 41.1 Å². The molecule has 0 aliphatic carbocycles. The van der Waals surface area contributed by atoms with Crippen LogP contribution >= 0.6 is 0 Å². The van der Waals surface area contributed by atoms with E-state index in [0.717, 1.165) is 26.1 Å². The van der Waals surface area contributed by atoms with E-state index in [1.807, 2.05) is 0 Å². The molecule has 1 saturated heterocycles. The van der Waals surface area contributed by atoms with Gasteiger partial charge < -0.3 is 10.1 Å². The first-order chi connectivity index (χ1) is 7.36. The average Bonchev–Trinajstić information content (AvgIpc) is 2.90. The Hall–Kier alpha value is -1.43. The molecular weight excluding hydrogens is 196 g/mol. The number of carbonyl (C=O) groups is 1. The fraction of sp³-hybridized carbons (Fsp3) is 0.667. The van der Waals surface area contributed by atoms with E-state index in [4.69, 9.17) is 4.74 Å². The van der Waals surface area contributed by atoms with E-state index < -0.39 is 0 Å². The highest BCUT2D eigenvalue weighted by atomic mass is 16.5. The van der Waals surface area contributed by atoms with E-state index in [1.54, 1.807) is 0 Å². The van der Waals surface area contributed by atoms with Gasteiger partial charge in [-0.05, 0) is 18.8 Å². The van der Waals surface area contributed by atoms with Gasteiger partial charge in [0.2, 0.25) is 0 Å². The third-order valence-corrected chi connectivity index (χ3v) is 2.51. The second-order valence-corrected chi connectivity index (χ2v) is 3.63. The molecule has 1 amide bonds. The summed E-state index contributed by atoms with van der Waals surface area (Å²) in [6, 6.07) is 0. The number of hydrogen-bond donors (Lipinski definition) is 2. The molecule has 1 atom stereocenters. The highest BCUT2D eigenvalue weighted by Crippen LogP contribution is 2.15. The van der Waals surface area contributed by atoms with Gasteiger partial charge in [-0.25, -0.2) is 0 Å². The molecule has 1 aromatic rings. The van der Waals surface area contributed by atoms with Crippen LogP contribution in [0.4, 0.5) is 0 Å². The highest BCUT2D eigenvalue weighted by molar-refractivity contribution is 5.91. The summed E-state index contributed by atoms with van der Waals surface area (Å²) in [6.45, 7) is 2.33. The maximum Gasteiger partial charge on any atom is 0.273 e. The predicted molar refractivity (Wildman–Crippen MR) is 52.3 cm³/mol. The quantitative estimate of drug-likeness (QED) is 0.730. The molecule has 2 N–H and O–H groups in total. The first-order valence-corrected chi connectivity index (χ1v) is 5.08. The van der Waals surface area contributed by atoms with Crippen molar-refractivity contribution in [2.75, 3.05) is 19.8 Å². The number of aromatic amines is 1. The number of amides is 1. The number of rotatable bonds is 4. The van der Waals surface area contributed by atoms with Crippen LogP contribution in [0.15, 0.2) is 6.20 Å². The van der Waals surface area contributed by atoms with Gasteiger partial charge in [0.1, 0.15) is 0 Å². The summed E-state index contributed by atoms with van der Waals surface area (Å²) in [6.07, 6.45) is 3.47. The number of aromatic nitrogens is 3. The first kappa shape index (κ1) is 10.1. The third kappa shape index (κ3) is 2.76. The summed E-state index contributed by atoms with van der Waals surface area (Å²) < 4.78 is 5.25. The fourth-order valence-corrected chi connectivity index (χ4v) is 1.60. The Bertz CT molecular complexity index is 306. The van der Waals surface area contributed by atoms with E-state index in [-0.39, 0.29) is 5.91 Å². The van der Waals surface area contributed by atoms with Gasteiger partial charge in [0.25, 0.3) is 5.91 Å². The van der Waals surface area contributed by atoms with Crippen molar-refractivity contribution in [3.05, 3.63) is 11.9 Å². The average molecular weight is 210 g/mol. The lowest BCUT2D eigenvalue weighted by atomic mass is 10.1. The minimum absolute atomic E-state index is 0.178. The van der Waals surface area contributed by atoms with Crippen LogP contribution in [-0.2, 0) is 4.74 Å². The topological polar surface area (TPSA) is 79.9 Å². The zero-order valence-corrected chi connectivity index (χ0v) is 8.40. The number of H-pyrrole nitrogens is 1. The van der Waals surface area contributed by atoms with Crippen molar-refractivity contribution in [2.45, 2.75) is 12.8 Å². The molecule has 1 fully saturated rings. The van der Waals surface area contributed by atoms with E-state index in [0.29, 0.717) is 18.2 Å². The van der Waals surface area contributed by atoms with Crippen LogP contribution in [0.25, 0.3) is 0 Å².